The molecule has 2 aromatic carbocycles. The molecule has 0 spiro atoms. The minimum atomic E-state index is -0.139. The third-order valence-electron chi connectivity index (χ3n) is 4.69. The van der Waals surface area contributed by atoms with Crippen molar-refractivity contribution >= 4 is 23.2 Å². The number of para-hydroxylation sites is 1. The van der Waals surface area contributed by atoms with Crippen molar-refractivity contribution in [1.82, 2.24) is 19.9 Å². The number of rotatable bonds is 6. The van der Waals surface area contributed by atoms with Gasteiger partial charge in [-0.05, 0) is 50.2 Å². The predicted molar refractivity (Wildman–Crippen MR) is 115 cm³/mol. The Balaban J connectivity index is 1.40. The minimum Gasteiger partial charge on any atom is -0.339 e. The van der Waals surface area contributed by atoms with Gasteiger partial charge in [-0.15, -0.1) is 0 Å². The van der Waals surface area contributed by atoms with Gasteiger partial charge in [0.15, 0.2) is 0 Å². The van der Waals surface area contributed by atoms with Crippen LogP contribution in [0.15, 0.2) is 59.1 Å². The van der Waals surface area contributed by atoms with Crippen LogP contribution in [0.2, 0.25) is 5.02 Å². The molecule has 4 rings (SSSR count). The molecule has 1 N–H and O–H groups in total. The van der Waals surface area contributed by atoms with E-state index in [0.717, 1.165) is 28.3 Å². The van der Waals surface area contributed by atoms with Crippen LogP contribution in [0.1, 0.15) is 23.7 Å². The van der Waals surface area contributed by atoms with E-state index < -0.39 is 0 Å². The van der Waals surface area contributed by atoms with Gasteiger partial charge in [0.05, 0.1) is 22.8 Å². The second-order valence-corrected chi connectivity index (χ2v) is 7.30. The van der Waals surface area contributed by atoms with Gasteiger partial charge in [-0.25, -0.2) is 4.68 Å². The van der Waals surface area contributed by atoms with Crippen LogP contribution in [0.4, 0.5) is 5.69 Å². The number of nitrogens with zero attached hydrogens (tertiary/aromatic N) is 4. The molecule has 0 fully saturated rings. The average Bonchev–Trinajstić information content (AvgIpc) is 3.34. The highest BCUT2D eigenvalue weighted by Crippen LogP contribution is 2.23. The van der Waals surface area contributed by atoms with E-state index >= 15 is 0 Å². The van der Waals surface area contributed by atoms with E-state index in [1.165, 1.54) is 0 Å². The number of hydrogen-bond acceptors (Lipinski definition) is 5. The first-order valence-corrected chi connectivity index (χ1v) is 9.89. The molecule has 0 aliphatic heterocycles. The summed E-state index contributed by atoms with van der Waals surface area (Å²) in [5.41, 5.74) is 4.09. The lowest BCUT2D eigenvalue weighted by Gasteiger charge is -2.06. The summed E-state index contributed by atoms with van der Waals surface area (Å²) in [5, 5.41) is 12.1. The molecule has 8 heteroatoms. The first-order chi connectivity index (χ1) is 14.5. The Morgan fingerprint density at radius 2 is 1.83 bits per heavy atom. The third-order valence-corrected chi connectivity index (χ3v) is 4.94. The van der Waals surface area contributed by atoms with Gasteiger partial charge in [0.25, 0.3) is 0 Å². The molecule has 1 amide bonds. The SMILES string of the molecule is Cc1nn(-c2ccccc2)c(C)c1NC(=O)CCc1nc(-c2ccc(Cl)cc2)no1. The summed E-state index contributed by atoms with van der Waals surface area (Å²) >= 11 is 5.90. The van der Waals surface area contributed by atoms with Crippen molar-refractivity contribution in [2.24, 2.45) is 0 Å². The third kappa shape index (κ3) is 4.26. The largest absolute Gasteiger partial charge is 0.339 e. The Labute approximate surface area is 178 Å². The monoisotopic (exact) mass is 421 g/mol. The van der Waals surface area contributed by atoms with Crippen molar-refractivity contribution in [3.8, 4) is 17.1 Å². The Morgan fingerprint density at radius 1 is 1.10 bits per heavy atom. The molecule has 0 saturated carbocycles. The van der Waals surface area contributed by atoms with Crippen molar-refractivity contribution in [2.75, 3.05) is 5.32 Å². The molecule has 0 aliphatic carbocycles. The summed E-state index contributed by atoms with van der Waals surface area (Å²) in [6.07, 6.45) is 0.564. The molecule has 2 aromatic heterocycles. The molecule has 4 aromatic rings. The highest BCUT2D eigenvalue weighted by Gasteiger charge is 2.16. The topological polar surface area (TPSA) is 85.8 Å². The van der Waals surface area contributed by atoms with Crippen LogP contribution in [0.25, 0.3) is 17.1 Å². The zero-order chi connectivity index (χ0) is 21.1. The van der Waals surface area contributed by atoms with Crippen LogP contribution in [0.5, 0.6) is 0 Å². The van der Waals surface area contributed by atoms with E-state index in [1.54, 1.807) is 12.1 Å². The molecule has 0 radical (unpaired) electrons. The molecule has 152 valence electrons. The molecule has 0 unspecified atom stereocenters. The van der Waals surface area contributed by atoms with Crippen LogP contribution in [-0.4, -0.2) is 25.8 Å². The number of halogens is 1. The fraction of sp³-hybridized carbons (Fsp3) is 0.182. The maximum absolute atomic E-state index is 12.5. The normalized spacial score (nSPS) is 10.9. The van der Waals surface area contributed by atoms with Gasteiger partial charge in [0.1, 0.15) is 0 Å². The Morgan fingerprint density at radius 3 is 2.57 bits per heavy atom. The number of carbonyl (C=O) groups excluding carboxylic acids is 1. The van der Waals surface area contributed by atoms with Gasteiger partial charge < -0.3 is 9.84 Å². The first-order valence-electron chi connectivity index (χ1n) is 9.51. The Bertz CT molecular complexity index is 1170. The van der Waals surface area contributed by atoms with E-state index in [1.807, 2.05) is 61.0 Å². The van der Waals surface area contributed by atoms with Gasteiger partial charge in [-0.2, -0.15) is 10.1 Å². The number of anilines is 1. The van der Waals surface area contributed by atoms with Crippen LogP contribution in [-0.2, 0) is 11.2 Å². The van der Waals surface area contributed by atoms with Gasteiger partial charge in [-0.3, -0.25) is 4.79 Å². The summed E-state index contributed by atoms with van der Waals surface area (Å²) < 4.78 is 7.09. The fourth-order valence-corrected chi connectivity index (χ4v) is 3.27. The predicted octanol–water partition coefficient (Wildman–Crippen LogP) is 4.76. The lowest BCUT2D eigenvalue weighted by Crippen LogP contribution is -2.13. The number of aryl methyl sites for hydroxylation is 2. The van der Waals surface area contributed by atoms with Crippen LogP contribution in [0, 0.1) is 13.8 Å². The molecule has 30 heavy (non-hydrogen) atoms. The molecular weight excluding hydrogens is 402 g/mol. The maximum atomic E-state index is 12.5. The standard InChI is InChI=1S/C22H20ClN5O2/c1-14-21(15(2)28(26-14)18-6-4-3-5-7-18)24-19(29)12-13-20-25-22(27-30-20)16-8-10-17(23)11-9-16/h3-11H,12-13H2,1-2H3,(H,24,29). The second kappa shape index (κ2) is 8.51. The molecular formula is C22H20ClN5O2. The smallest absolute Gasteiger partial charge is 0.227 e. The second-order valence-electron chi connectivity index (χ2n) is 6.86. The van der Waals surface area contributed by atoms with E-state index in [0.29, 0.717) is 23.2 Å². The first kappa shape index (κ1) is 19.8. The van der Waals surface area contributed by atoms with E-state index in [-0.39, 0.29) is 12.3 Å². The van der Waals surface area contributed by atoms with E-state index in [9.17, 15) is 4.79 Å². The number of carbonyl (C=O) groups is 1. The van der Waals surface area contributed by atoms with Crippen molar-refractivity contribution in [3.05, 3.63) is 76.9 Å². The van der Waals surface area contributed by atoms with Gasteiger partial charge in [-0.1, -0.05) is 35.0 Å². The van der Waals surface area contributed by atoms with Crippen molar-refractivity contribution < 1.29 is 9.32 Å². The van der Waals surface area contributed by atoms with Crippen LogP contribution in [0.3, 0.4) is 0 Å². The maximum Gasteiger partial charge on any atom is 0.227 e. The van der Waals surface area contributed by atoms with Crippen LogP contribution >= 0.6 is 11.6 Å². The zero-order valence-electron chi connectivity index (χ0n) is 16.6. The quantitative estimate of drug-likeness (QED) is 0.485. The summed E-state index contributed by atoms with van der Waals surface area (Å²) in [7, 11) is 0. The highest BCUT2D eigenvalue weighted by molar-refractivity contribution is 6.30. The minimum absolute atomic E-state index is 0.139. The number of hydrogen-bond donors (Lipinski definition) is 1. The summed E-state index contributed by atoms with van der Waals surface area (Å²) in [6, 6.07) is 17.0. The van der Waals surface area contributed by atoms with Crippen molar-refractivity contribution in [3.63, 3.8) is 0 Å². The Kier molecular flexibility index (Phi) is 5.63. The molecule has 7 nitrogen and oxygen atoms in total. The number of aromatic nitrogens is 4. The summed E-state index contributed by atoms with van der Waals surface area (Å²) in [5.74, 6) is 0.737. The van der Waals surface area contributed by atoms with Crippen molar-refractivity contribution in [2.45, 2.75) is 26.7 Å². The molecule has 0 aliphatic rings. The average molecular weight is 422 g/mol. The number of nitrogens with one attached hydrogen (secondary N) is 1. The van der Waals surface area contributed by atoms with Crippen molar-refractivity contribution in [1.29, 1.82) is 0 Å². The molecule has 2 heterocycles. The lowest BCUT2D eigenvalue weighted by atomic mass is 10.2. The summed E-state index contributed by atoms with van der Waals surface area (Å²) in [4.78, 5) is 16.8. The van der Waals surface area contributed by atoms with Gasteiger partial charge in [0.2, 0.25) is 17.6 Å². The van der Waals surface area contributed by atoms with E-state index in [2.05, 4.69) is 20.6 Å². The van der Waals surface area contributed by atoms with Gasteiger partial charge in [0, 0.05) is 23.4 Å². The molecule has 0 atom stereocenters. The van der Waals surface area contributed by atoms with E-state index in [4.69, 9.17) is 16.1 Å². The Hall–Kier alpha value is -3.45. The molecule has 0 saturated heterocycles. The van der Waals surface area contributed by atoms with Gasteiger partial charge >= 0.3 is 0 Å². The summed E-state index contributed by atoms with van der Waals surface area (Å²) in [6.45, 7) is 3.80. The molecule has 0 bridgehead atoms. The zero-order valence-corrected chi connectivity index (χ0v) is 17.3. The highest BCUT2D eigenvalue weighted by atomic mass is 35.5. The number of amides is 1. The lowest BCUT2D eigenvalue weighted by molar-refractivity contribution is -0.116. The number of benzene rings is 2. The fourth-order valence-electron chi connectivity index (χ4n) is 3.14. The van der Waals surface area contributed by atoms with Crippen LogP contribution < -0.4 is 5.32 Å².